The van der Waals surface area contributed by atoms with Gasteiger partial charge in [0.05, 0.1) is 0 Å². The van der Waals surface area contributed by atoms with Gasteiger partial charge < -0.3 is 30.3 Å². The number of anilines is 1. The molecule has 0 spiro atoms. The number of hydrogen-bond donors (Lipinski definition) is 3. The normalized spacial score (nSPS) is 19.8. The molecule has 4 N–H and O–H groups in total. The van der Waals surface area contributed by atoms with E-state index < -0.39 is 35.9 Å². The highest BCUT2D eigenvalue weighted by Gasteiger charge is 2.54. The molecule has 1 unspecified atom stereocenters. The molecule has 35 heavy (non-hydrogen) atoms. The molecule has 0 aliphatic carbocycles. The van der Waals surface area contributed by atoms with Crippen molar-refractivity contribution in [3.63, 3.8) is 0 Å². The minimum atomic E-state index is -1.30. The van der Waals surface area contributed by atoms with Gasteiger partial charge in [0, 0.05) is 22.8 Å². The first kappa shape index (κ1) is 24.5. The maximum Gasteiger partial charge on any atom is 0.352 e. The van der Waals surface area contributed by atoms with Crippen molar-refractivity contribution in [2.45, 2.75) is 18.3 Å². The van der Waals surface area contributed by atoms with Crippen LogP contribution in [0.25, 0.3) is 0 Å². The molecule has 2 amide bonds. The van der Waals surface area contributed by atoms with Crippen molar-refractivity contribution in [1.82, 2.24) is 20.4 Å². The molecule has 2 aliphatic heterocycles. The Bertz CT molecular complexity index is 1210. The van der Waals surface area contributed by atoms with Crippen LogP contribution < -0.4 is 15.8 Å². The Morgan fingerprint density at radius 3 is 2.91 bits per heavy atom. The van der Waals surface area contributed by atoms with Gasteiger partial charge in [0.1, 0.15) is 48.5 Å². The fourth-order valence-electron chi connectivity index (χ4n) is 3.32. The standard InChI is InChI=1S/C19H19FN6O7S2/c1-8-4-11(24-33-8)31-5-9-6-34-17-13(16(28)26(17)14(9)18(29)30)23-15(27)12(25-32-3-2-20)10-7-35-19(21)22-10/h4,7,13,17H,2-3,5-6H2,1H3,(H2,21,22)(H,23,27)(H,29,30)/b25-12-/t13?,17-/m1/s1. The lowest BCUT2D eigenvalue weighted by Gasteiger charge is -2.49. The van der Waals surface area contributed by atoms with Gasteiger partial charge in [0.2, 0.25) is 0 Å². The molecule has 16 heteroatoms. The van der Waals surface area contributed by atoms with Crippen molar-refractivity contribution in [2.75, 3.05) is 31.4 Å². The third-order valence-corrected chi connectivity index (χ3v) is 6.85. The van der Waals surface area contributed by atoms with E-state index in [0.29, 0.717) is 11.3 Å². The van der Waals surface area contributed by atoms with Gasteiger partial charge in [-0.3, -0.25) is 14.5 Å². The van der Waals surface area contributed by atoms with Crippen LogP contribution in [0.5, 0.6) is 5.88 Å². The summed E-state index contributed by atoms with van der Waals surface area (Å²) in [5, 5.41) is 20.6. The predicted octanol–water partition coefficient (Wildman–Crippen LogP) is 0.530. The summed E-state index contributed by atoms with van der Waals surface area (Å²) in [5.41, 5.74) is 5.58. The van der Waals surface area contributed by atoms with E-state index in [2.05, 4.69) is 20.6 Å². The molecule has 1 saturated heterocycles. The number of nitrogens with one attached hydrogen (secondary N) is 1. The van der Waals surface area contributed by atoms with Crippen LogP contribution in [0.1, 0.15) is 11.5 Å². The van der Waals surface area contributed by atoms with Crippen molar-refractivity contribution in [3.05, 3.63) is 34.2 Å². The number of carboxylic acids is 1. The van der Waals surface area contributed by atoms with E-state index in [4.69, 9.17) is 19.8 Å². The molecule has 0 radical (unpaired) electrons. The number of alkyl halides is 1. The summed E-state index contributed by atoms with van der Waals surface area (Å²) < 4.78 is 22.8. The number of hydrogen-bond acceptors (Lipinski definition) is 12. The quantitative estimate of drug-likeness (QED) is 0.170. The summed E-state index contributed by atoms with van der Waals surface area (Å²) in [5.74, 6) is -1.77. The lowest BCUT2D eigenvalue weighted by Crippen LogP contribution is -2.71. The van der Waals surface area contributed by atoms with Crippen molar-refractivity contribution in [2.24, 2.45) is 5.16 Å². The molecule has 13 nitrogen and oxygen atoms in total. The zero-order valence-corrected chi connectivity index (χ0v) is 19.7. The van der Waals surface area contributed by atoms with Gasteiger partial charge in [-0.25, -0.2) is 14.2 Å². The third-order valence-electron chi connectivity index (χ3n) is 4.84. The average Bonchev–Trinajstić information content (AvgIpc) is 3.45. The second kappa shape index (κ2) is 10.3. The number of β-lactam (4-membered cyclic amide) rings is 1. The Morgan fingerprint density at radius 1 is 1.49 bits per heavy atom. The largest absolute Gasteiger partial charge is 0.477 e. The van der Waals surface area contributed by atoms with Gasteiger partial charge in [-0.1, -0.05) is 5.16 Å². The zero-order valence-electron chi connectivity index (χ0n) is 18.1. The molecule has 2 aromatic rings. The van der Waals surface area contributed by atoms with Crippen LogP contribution in [0.2, 0.25) is 0 Å². The summed E-state index contributed by atoms with van der Waals surface area (Å²) >= 11 is 2.32. The number of fused-ring (bicyclic) bond motifs is 1. The number of thiazole rings is 1. The molecule has 2 aromatic heterocycles. The predicted molar refractivity (Wildman–Crippen MR) is 121 cm³/mol. The molecule has 1 fully saturated rings. The van der Waals surface area contributed by atoms with E-state index in [9.17, 15) is 23.9 Å². The number of nitrogen functional groups attached to an aromatic ring is 1. The second-order valence-corrected chi connectivity index (χ2v) is 9.21. The maximum absolute atomic E-state index is 12.9. The Balaban J connectivity index is 1.48. The number of carbonyl (C=O) groups is 3. The molecular weight excluding hydrogens is 507 g/mol. The third kappa shape index (κ3) is 5.07. The van der Waals surface area contributed by atoms with E-state index in [-0.39, 0.29) is 47.1 Å². The highest BCUT2D eigenvalue weighted by molar-refractivity contribution is 8.00. The van der Waals surface area contributed by atoms with E-state index in [1.54, 1.807) is 13.0 Å². The minimum absolute atomic E-state index is 0.0948. The van der Waals surface area contributed by atoms with E-state index in [0.717, 1.165) is 16.2 Å². The number of ether oxygens (including phenoxy) is 1. The fourth-order valence-corrected chi connectivity index (χ4v) is 5.20. The first-order chi connectivity index (χ1) is 16.8. The second-order valence-electron chi connectivity index (χ2n) is 7.22. The minimum Gasteiger partial charge on any atom is -0.477 e. The molecule has 2 atom stereocenters. The summed E-state index contributed by atoms with van der Waals surface area (Å²) in [6.45, 7) is 0.375. The summed E-state index contributed by atoms with van der Waals surface area (Å²) in [4.78, 5) is 47.6. The Hall–Kier alpha value is -3.66. The number of nitrogens with two attached hydrogens (primary N) is 1. The number of halogens is 1. The van der Waals surface area contributed by atoms with E-state index >= 15 is 0 Å². The van der Waals surface area contributed by atoms with Gasteiger partial charge in [-0.2, -0.15) is 0 Å². The monoisotopic (exact) mass is 526 g/mol. The number of rotatable bonds is 10. The molecule has 2 aliphatic rings. The summed E-state index contributed by atoms with van der Waals surface area (Å²) in [6, 6.07) is 0.525. The van der Waals surface area contributed by atoms with Crippen LogP contribution in [-0.2, 0) is 19.2 Å². The van der Waals surface area contributed by atoms with Crippen molar-refractivity contribution < 1.29 is 38.0 Å². The molecule has 0 aromatic carbocycles. The molecule has 0 bridgehead atoms. The van der Waals surface area contributed by atoms with Crippen molar-refractivity contribution in [3.8, 4) is 5.88 Å². The van der Waals surface area contributed by atoms with Gasteiger partial charge in [-0.15, -0.1) is 23.1 Å². The lowest BCUT2D eigenvalue weighted by atomic mass is 10.0. The number of carboxylic acid groups (broad SMARTS) is 1. The average molecular weight is 527 g/mol. The number of amides is 2. The van der Waals surface area contributed by atoms with Crippen molar-refractivity contribution in [1.29, 1.82) is 0 Å². The summed E-state index contributed by atoms with van der Waals surface area (Å²) in [7, 11) is 0. The highest BCUT2D eigenvalue weighted by atomic mass is 32.2. The number of carbonyl (C=O) groups excluding carboxylic acids is 2. The number of aliphatic carboxylic acids is 1. The van der Waals surface area contributed by atoms with Crippen LogP contribution in [0.4, 0.5) is 9.52 Å². The Labute approximate surface area is 205 Å². The first-order valence-corrected chi connectivity index (χ1v) is 12.0. The highest BCUT2D eigenvalue weighted by Crippen LogP contribution is 2.40. The van der Waals surface area contributed by atoms with Crippen LogP contribution >= 0.6 is 23.1 Å². The molecule has 4 heterocycles. The van der Waals surface area contributed by atoms with Crippen LogP contribution in [-0.4, -0.2) is 80.7 Å². The number of nitrogens with zero attached hydrogens (tertiary/aromatic N) is 4. The Kier molecular flexibility index (Phi) is 7.20. The number of aryl methyl sites for hydroxylation is 1. The van der Waals surface area contributed by atoms with Gasteiger partial charge >= 0.3 is 5.97 Å². The van der Waals surface area contributed by atoms with Crippen molar-refractivity contribution >= 4 is 51.7 Å². The van der Waals surface area contributed by atoms with Gasteiger partial charge in [0.15, 0.2) is 10.8 Å². The van der Waals surface area contributed by atoms with Crippen LogP contribution in [0.3, 0.4) is 0 Å². The fraction of sp³-hybridized carbons (Fsp3) is 0.368. The first-order valence-electron chi connectivity index (χ1n) is 10.0. The molecule has 186 valence electrons. The number of thioether (sulfide) groups is 1. The summed E-state index contributed by atoms with van der Waals surface area (Å²) in [6.07, 6.45) is 0. The Morgan fingerprint density at radius 2 is 2.29 bits per heavy atom. The number of aromatic nitrogens is 2. The van der Waals surface area contributed by atoms with Crippen LogP contribution in [0, 0.1) is 6.92 Å². The zero-order chi connectivity index (χ0) is 25.1. The SMILES string of the molecule is Cc1cc(OCC2=C(C(=O)O)N3C(=O)C(NC(=O)/C(=N\OCCF)c4csc(N)n4)[C@H]3SC2)no1. The van der Waals surface area contributed by atoms with Gasteiger partial charge in [-0.05, 0) is 12.1 Å². The molecular formula is C19H19FN6O7S2. The maximum atomic E-state index is 12.9. The topological polar surface area (TPSA) is 182 Å². The molecule has 0 saturated carbocycles. The smallest absolute Gasteiger partial charge is 0.352 e. The van der Waals surface area contributed by atoms with Gasteiger partial charge in [0.25, 0.3) is 17.7 Å². The van der Waals surface area contributed by atoms with Crippen LogP contribution in [0.15, 0.2) is 32.4 Å². The van der Waals surface area contributed by atoms with E-state index in [1.807, 2.05) is 0 Å². The molecule has 4 rings (SSSR count). The van der Waals surface area contributed by atoms with E-state index in [1.165, 1.54) is 17.1 Å². The lowest BCUT2D eigenvalue weighted by molar-refractivity contribution is -0.150. The number of oxime groups is 1.